The molecule has 3 heteroatoms. The molecule has 0 unspecified atom stereocenters. The number of hydrogen-bond acceptors (Lipinski definition) is 2. The molecule has 3 rings (SSSR count). The Morgan fingerprint density at radius 2 is 1.74 bits per heavy atom. The zero-order valence-electron chi connectivity index (χ0n) is 11.5. The van der Waals surface area contributed by atoms with Crippen molar-refractivity contribution in [3.8, 4) is 5.75 Å². The Kier molecular flexibility index (Phi) is 2.82. The summed E-state index contributed by atoms with van der Waals surface area (Å²) in [5, 5.41) is 4.68. The average Bonchev–Trinajstić information content (AvgIpc) is 2.38. The van der Waals surface area contributed by atoms with Gasteiger partial charge in [-0.3, -0.25) is 0 Å². The predicted molar refractivity (Wildman–Crippen MR) is 74.6 cm³/mol. The fraction of sp³-hybridized carbons (Fsp3) is 0.250. The van der Waals surface area contributed by atoms with Crippen molar-refractivity contribution in [2.75, 3.05) is 6.73 Å². The van der Waals surface area contributed by atoms with Gasteiger partial charge in [0.2, 0.25) is 5.69 Å². The van der Waals surface area contributed by atoms with Gasteiger partial charge in [0.1, 0.15) is 0 Å². The van der Waals surface area contributed by atoms with Crippen molar-refractivity contribution in [2.45, 2.75) is 20.8 Å². The van der Waals surface area contributed by atoms with Crippen molar-refractivity contribution in [3.05, 3.63) is 53.1 Å². The van der Waals surface area contributed by atoms with E-state index in [1.54, 1.807) is 0 Å². The summed E-state index contributed by atoms with van der Waals surface area (Å²) in [7, 11) is 0. The maximum absolute atomic E-state index is 5.84. The first-order valence-corrected chi connectivity index (χ1v) is 6.43. The Morgan fingerprint density at radius 1 is 1.00 bits per heavy atom. The molecule has 96 valence electrons. The summed E-state index contributed by atoms with van der Waals surface area (Å²) >= 11 is 0. The normalized spacial score (nSPS) is 13.5. The van der Waals surface area contributed by atoms with Crippen LogP contribution in [0.1, 0.15) is 16.7 Å². The van der Waals surface area contributed by atoms with Crippen LogP contribution in [0.4, 0.5) is 11.4 Å². The van der Waals surface area contributed by atoms with Crippen LogP contribution in [0.15, 0.2) is 41.5 Å². The summed E-state index contributed by atoms with van der Waals surface area (Å²) in [5.41, 5.74) is 5.55. The molecule has 0 atom stereocenters. The van der Waals surface area contributed by atoms with Crippen molar-refractivity contribution < 1.29 is 9.43 Å². The lowest BCUT2D eigenvalue weighted by molar-refractivity contribution is -0.544. The third-order valence-corrected chi connectivity index (χ3v) is 3.29. The van der Waals surface area contributed by atoms with Gasteiger partial charge in [-0.2, -0.15) is 0 Å². The van der Waals surface area contributed by atoms with Gasteiger partial charge in [-0.15, -0.1) is 0 Å². The Morgan fingerprint density at radius 3 is 2.47 bits per heavy atom. The summed E-state index contributed by atoms with van der Waals surface area (Å²) in [6.45, 7) is 6.67. The van der Waals surface area contributed by atoms with Gasteiger partial charge in [0.15, 0.2) is 11.4 Å². The van der Waals surface area contributed by atoms with E-state index in [1.807, 2.05) is 4.70 Å². The number of fused-ring (bicyclic) bond motifs is 1. The molecular formula is C16H17N2O+. The fourth-order valence-electron chi connectivity index (χ4n) is 2.33. The molecule has 0 saturated heterocycles. The highest BCUT2D eigenvalue weighted by atomic mass is 16.5. The van der Waals surface area contributed by atoms with E-state index in [0.717, 1.165) is 22.7 Å². The standard InChI is InChI=1S/C16H17N2O/c1-11-4-6-14(7-5-11)18-10-19-16-13(3)8-12(2)9-15(16)17-18/h4-9H,10H2,1-3H3/q+1. The largest absolute Gasteiger partial charge is 0.431 e. The molecule has 0 amide bonds. The van der Waals surface area contributed by atoms with E-state index in [2.05, 4.69) is 62.3 Å². The van der Waals surface area contributed by atoms with E-state index >= 15 is 0 Å². The first kappa shape index (κ1) is 11.9. The number of benzene rings is 2. The highest BCUT2D eigenvalue weighted by Gasteiger charge is 2.22. The molecule has 0 saturated carbocycles. The highest BCUT2D eigenvalue weighted by Crippen LogP contribution is 2.36. The lowest BCUT2D eigenvalue weighted by atomic mass is 10.1. The number of rotatable bonds is 1. The van der Waals surface area contributed by atoms with Crippen LogP contribution in [0, 0.1) is 20.8 Å². The van der Waals surface area contributed by atoms with Gasteiger partial charge in [-0.05, 0) is 42.7 Å². The molecule has 2 aromatic rings. The van der Waals surface area contributed by atoms with Crippen LogP contribution >= 0.6 is 0 Å². The van der Waals surface area contributed by atoms with Crippen molar-refractivity contribution >= 4 is 11.4 Å². The van der Waals surface area contributed by atoms with Crippen LogP contribution in [0.5, 0.6) is 5.75 Å². The maximum atomic E-state index is 5.84. The molecule has 0 N–H and O–H groups in total. The molecule has 0 bridgehead atoms. The molecule has 0 aromatic heterocycles. The Bertz CT molecular complexity index is 657. The van der Waals surface area contributed by atoms with E-state index in [9.17, 15) is 0 Å². The number of aryl methyl sites for hydroxylation is 3. The predicted octanol–water partition coefficient (Wildman–Crippen LogP) is 4.39. The first-order valence-electron chi connectivity index (χ1n) is 6.43. The summed E-state index contributed by atoms with van der Waals surface area (Å²) in [6.07, 6.45) is 0. The number of azo groups is 2. The topological polar surface area (TPSA) is 24.6 Å². The second-order valence-electron chi connectivity index (χ2n) is 5.04. The smallest absolute Gasteiger partial charge is 0.317 e. The minimum absolute atomic E-state index is 0.458. The number of ether oxygens (including phenoxy) is 1. The molecule has 0 fully saturated rings. The second kappa shape index (κ2) is 4.50. The van der Waals surface area contributed by atoms with Gasteiger partial charge in [-0.1, -0.05) is 23.8 Å². The molecular weight excluding hydrogens is 236 g/mol. The van der Waals surface area contributed by atoms with Gasteiger partial charge < -0.3 is 4.74 Å². The quantitative estimate of drug-likeness (QED) is 0.692. The maximum Gasteiger partial charge on any atom is 0.317 e. The lowest BCUT2D eigenvalue weighted by Crippen LogP contribution is -2.15. The second-order valence-corrected chi connectivity index (χ2v) is 5.04. The van der Waals surface area contributed by atoms with Crippen LogP contribution in [0.2, 0.25) is 0 Å². The van der Waals surface area contributed by atoms with Gasteiger partial charge in [0, 0.05) is 17.2 Å². The molecule has 1 aliphatic heterocycles. The molecule has 2 aromatic carbocycles. The zero-order valence-corrected chi connectivity index (χ0v) is 11.5. The minimum Gasteiger partial charge on any atom is -0.431 e. The Balaban J connectivity index is 2.06. The summed E-state index contributed by atoms with van der Waals surface area (Å²) < 4.78 is 7.73. The minimum atomic E-state index is 0.458. The third kappa shape index (κ3) is 2.24. The molecule has 1 heterocycles. The van der Waals surface area contributed by atoms with Crippen molar-refractivity contribution in [1.29, 1.82) is 0 Å². The highest BCUT2D eigenvalue weighted by molar-refractivity contribution is 5.57. The van der Waals surface area contributed by atoms with Gasteiger partial charge >= 0.3 is 6.73 Å². The Labute approximate surface area is 113 Å². The molecule has 1 aliphatic rings. The van der Waals surface area contributed by atoms with Crippen LogP contribution < -0.4 is 4.74 Å². The first-order chi connectivity index (χ1) is 9.13. The van der Waals surface area contributed by atoms with Crippen LogP contribution in [-0.2, 0) is 0 Å². The summed E-state index contributed by atoms with van der Waals surface area (Å²) in [5.74, 6) is 0.897. The lowest BCUT2D eigenvalue weighted by Gasteiger charge is -2.14. The van der Waals surface area contributed by atoms with Gasteiger partial charge in [0.25, 0.3) is 0 Å². The van der Waals surface area contributed by atoms with Crippen LogP contribution in [0.3, 0.4) is 0 Å². The van der Waals surface area contributed by atoms with E-state index in [1.165, 1.54) is 11.1 Å². The van der Waals surface area contributed by atoms with Crippen molar-refractivity contribution in [2.24, 2.45) is 5.11 Å². The molecule has 0 radical (unpaired) electrons. The van der Waals surface area contributed by atoms with Gasteiger partial charge in [0.05, 0.1) is 0 Å². The monoisotopic (exact) mass is 253 g/mol. The van der Waals surface area contributed by atoms with E-state index in [4.69, 9.17) is 4.74 Å². The summed E-state index contributed by atoms with van der Waals surface area (Å²) in [4.78, 5) is 0. The van der Waals surface area contributed by atoms with Crippen molar-refractivity contribution in [1.82, 2.24) is 0 Å². The number of hydrogen-bond donors (Lipinski definition) is 0. The summed E-state index contributed by atoms with van der Waals surface area (Å²) in [6, 6.07) is 12.5. The van der Waals surface area contributed by atoms with E-state index < -0.39 is 0 Å². The van der Waals surface area contributed by atoms with E-state index in [0.29, 0.717) is 6.73 Å². The Hall–Kier alpha value is -2.16. The number of nitrogens with zero attached hydrogens (tertiary/aromatic N) is 2. The third-order valence-electron chi connectivity index (χ3n) is 3.29. The van der Waals surface area contributed by atoms with Gasteiger partial charge in [-0.25, -0.2) is 0 Å². The SMILES string of the molecule is Cc1ccc([N+]2=Nc3cc(C)cc(C)c3OC2)cc1. The molecule has 19 heavy (non-hydrogen) atoms. The molecule has 3 nitrogen and oxygen atoms in total. The fourth-order valence-corrected chi connectivity index (χ4v) is 2.33. The molecule has 0 aliphatic carbocycles. The van der Waals surface area contributed by atoms with Crippen LogP contribution in [0.25, 0.3) is 0 Å². The zero-order chi connectivity index (χ0) is 13.4. The van der Waals surface area contributed by atoms with E-state index in [-0.39, 0.29) is 0 Å². The molecule has 0 spiro atoms. The van der Waals surface area contributed by atoms with Crippen molar-refractivity contribution in [3.63, 3.8) is 0 Å². The van der Waals surface area contributed by atoms with Crippen LogP contribution in [-0.4, -0.2) is 11.4 Å². The average molecular weight is 253 g/mol.